The molecule has 0 unspecified atom stereocenters. The number of hydrogen-bond donors (Lipinski definition) is 2. The lowest BCUT2D eigenvalue weighted by Crippen LogP contribution is -2.45. The summed E-state index contributed by atoms with van der Waals surface area (Å²) in [5, 5.41) is 0. The van der Waals surface area contributed by atoms with Crippen LogP contribution in [0.2, 0.25) is 0 Å². The Balaban J connectivity index is 0.000000500. The van der Waals surface area contributed by atoms with Crippen LogP contribution >= 0.6 is 12.4 Å². The summed E-state index contributed by atoms with van der Waals surface area (Å²) >= 11 is 0. The molecule has 2 aliphatic rings. The second kappa shape index (κ2) is 2.68. The highest BCUT2D eigenvalue weighted by Crippen LogP contribution is 2.46. The van der Waals surface area contributed by atoms with Gasteiger partial charge in [-0.25, -0.2) is 0 Å². The van der Waals surface area contributed by atoms with Crippen LogP contribution in [0.5, 0.6) is 0 Å². The number of hydrazine groups is 1. The fourth-order valence-corrected chi connectivity index (χ4v) is 2.39. The van der Waals surface area contributed by atoms with Crippen molar-refractivity contribution < 1.29 is 0 Å². The molecule has 2 saturated carbocycles. The van der Waals surface area contributed by atoms with Crippen molar-refractivity contribution in [2.45, 2.75) is 37.6 Å². The van der Waals surface area contributed by atoms with Crippen molar-refractivity contribution in [1.29, 1.82) is 0 Å². The highest BCUT2D eigenvalue weighted by atomic mass is 35.5. The third-order valence-corrected chi connectivity index (χ3v) is 3.05. The summed E-state index contributed by atoms with van der Waals surface area (Å²) in [6.07, 6.45) is 6.78. The van der Waals surface area contributed by atoms with E-state index in [2.05, 4.69) is 5.43 Å². The van der Waals surface area contributed by atoms with Gasteiger partial charge in [0.2, 0.25) is 0 Å². The fraction of sp³-hybridized carbons (Fsp3) is 1.00. The first-order valence-electron chi connectivity index (χ1n) is 3.82. The van der Waals surface area contributed by atoms with Crippen LogP contribution in [0.15, 0.2) is 0 Å². The molecule has 2 bridgehead atoms. The Hall–Kier alpha value is 0.210. The van der Waals surface area contributed by atoms with Crippen molar-refractivity contribution in [3.63, 3.8) is 0 Å². The molecule has 2 fully saturated rings. The number of rotatable bonds is 1. The molecule has 0 aliphatic heterocycles. The molecule has 0 atom stereocenters. The van der Waals surface area contributed by atoms with Gasteiger partial charge < -0.3 is 0 Å². The van der Waals surface area contributed by atoms with Gasteiger partial charge in [0.15, 0.2) is 0 Å². The van der Waals surface area contributed by atoms with E-state index in [1.165, 1.54) is 32.1 Å². The van der Waals surface area contributed by atoms with Gasteiger partial charge in [0.1, 0.15) is 0 Å². The average molecular weight is 163 g/mol. The molecule has 2 rings (SSSR count). The van der Waals surface area contributed by atoms with E-state index in [1.807, 2.05) is 0 Å². The van der Waals surface area contributed by atoms with E-state index in [-0.39, 0.29) is 12.4 Å². The number of hydrogen-bond acceptors (Lipinski definition) is 2. The van der Waals surface area contributed by atoms with Gasteiger partial charge in [-0.2, -0.15) is 0 Å². The Morgan fingerprint density at radius 2 is 1.90 bits per heavy atom. The minimum Gasteiger partial charge on any atom is -0.271 e. The maximum Gasteiger partial charge on any atom is 0.0324 e. The van der Waals surface area contributed by atoms with Crippen LogP contribution in [-0.4, -0.2) is 5.54 Å². The highest BCUT2D eigenvalue weighted by Gasteiger charge is 2.43. The molecule has 0 spiro atoms. The molecular formula is C7H15ClN2. The number of nitrogens with two attached hydrogens (primary N) is 1. The smallest absolute Gasteiger partial charge is 0.0324 e. The molecule has 3 N–H and O–H groups in total. The molecule has 2 aliphatic carbocycles. The average Bonchev–Trinajstić information content (AvgIpc) is 2.46. The standard InChI is InChI=1S/C7H14N2.ClH/c8-9-7-3-1-6(5-7)2-4-7;/h6,9H,1-5,8H2;1H. The molecule has 0 radical (unpaired) electrons. The van der Waals surface area contributed by atoms with E-state index in [0.717, 1.165) is 5.92 Å². The lowest BCUT2D eigenvalue weighted by atomic mass is 9.95. The maximum atomic E-state index is 5.46. The van der Waals surface area contributed by atoms with Crippen molar-refractivity contribution in [3.05, 3.63) is 0 Å². The number of halogens is 1. The predicted octanol–water partition coefficient (Wildman–Crippen LogP) is 1.20. The predicted molar refractivity (Wildman–Crippen MR) is 43.9 cm³/mol. The van der Waals surface area contributed by atoms with E-state index in [1.54, 1.807) is 0 Å². The molecule has 2 nitrogen and oxygen atoms in total. The van der Waals surface area contributed by atoms with E-state index < -0.39 is 0 Å². The number of fused-ring (bicyclic) bond motifs is 2. The summed E-state index contributed by atoms with van der Waals surface area (Å²) < 4.78 is 0. The summed E-state index contributed by atoms with van der Waals surface area (Å²) in [5.41, 5.74) is 3.35. The van der Waals surface area contributed by atoms with Crippen molar-refractivity contribution in [3.8, 4) is 0 Å². The first-order valence-corrected chi connectivity index (χ1v) is 3.82. The van der Waals surface area contributed by atoms with Gasteiger partial charge >= 0.3 is 0 Å². The fourth-order valence-electron chi connectivity index (χ4n) is 2.39. The van der Waals surface area contributed by atoms with E-state index >= 15 is 0 Å². The van der Waals surface area contributed by atoms with Crippen LogP contribution in [0.3, 0.4) is 0 Å². The molecule has 0 aromatic heterocycles. The van der Waals surface area contributed by atoms with Gasteiger partial charge in [-0.15, -0.1) is 12.4 Å². The van der Waals surface area contributed by atoms with Crippen molar-refractivity contribution in [1.82, 2.24) is 5.43 Å². The quantitative estimate of drug-likeness (QED) is 0.449. The van der Waals surface area contributed by atoms with Gasteiger partial charge in [0.25, 0.3) is 0 Å². The van der Waals surface area contributed by atoms with Gasteiger partial charge in [0, 0.05) is 5.54 Å². The van der Waals surface area contributed by atoms with Gasteiger partial charge in [-0.3, -0.25) is 11.3 Å². The minimum absolute atomic E-state index is 0. The molecule has 60 valence electrons. The zero-order chi connectivity index (χ0) is 6.32. The summed E-state index contributed by atoms with van der Waals surface area (Å²) in [5.74, 6) is 6.46. The van der Waals surface area contributed by atoms with Crippen LogP contribution in [0.4, 0.5) is 0 Å². The SMILES string of the molecule is Cl.NNC12CCC(CC1)C2. The van der Waals surface area contributed by atoms with Gasteiger partial charge in [0.05, 0.1) is 0 Å². The highest BCUT2D eigenvalue weighted by molar-refractivity contribution is 5.85. The lowest BCUT2D eigenvalue weighted by Gasteiger charge is -2.24. The Morgan fingerprint density at radius 1 is 1.30 bits per heavy atom. The minimum atomic E-state index is 0. The zero-order valence-electron chi connectivity index (χ0n) is 6.10. The summed E-state index contributed by atoms with van der Waals surface area (Å²) in [4.78, 5) is 0. The first kappa shape index (κ1) is 8.31. The van der Waals surface area contributed by atoms with Crippen LogP contribution in [0.1, 0.15) is 32.1 Å². The van der Waals surface area contributed by atoms with E-state index in [4.69, 9.17) is 5.84 Å². The van der Waals surface area contributed by atoms with Crippen molar-refractivity contribution >= 4 is 12.4 Å². The van der Waals surface area contributed by atoms with Crippen molar-refractivity contribution in [2.75, 3.05) is 0 Å². The normalized spacial score (nSPS) is 43.5. The van der Waals surface area contributed by atoms with Gasteiger partial charge in [-0.1, -0.05) is 0 Å². The summed E-state index contributed by atoms with van der Waals surface area (Å²) in [6.45, 7) is 0. The number of nitrogens with one attached hydrogen (secondary N) is 1. The van der Waals surface area contributed by atoms with Crippen molar-refractivity contribution in [2.24, 2.45) is 11.8 Å². The first-order chi connectivity index (χ1) is 4.35. The van der Waals surface area contributed by atoms with Crippen LogP contribution in [0, 0.1) is 5.92 Å². The molecule has 0 aromatic carbocycles. The zero-order valence-corrected chi connectivity index (χ0v) is 6.91. The summed E-state index contributed by atoms with van der Waals surface area (Å²) in [6, 6.07) is 0. The third kappa shape index (κ3) is 1.04. The lowest BCUT2D eigenvalue weighted by molar-refractivity contribution is 0.333. The molecule has 3 heteroatoms. The second-order valence-corrected chi connectivity index (χ2v) is 3.57. The molecule has 0 saturated heterocycles. The molecule has 10 heavy (non-hydrogen) atoms. The monoisotopic (exact) mass is 162 g/mol. The van der Waals surface area contributed by atoms with E-state index in [9.17, 15) is 0 Å². The van der Waals surface area contributed by atoms with Crippen LogP contribution in [-0.2, 0) is 0 Å². The summed E-state index contributed by atoms with van der Waals surface area (Å²) in [7, 11) is 0. The molecule has 0 amide bonds. The van der Waals surface area contributed by atoms with Crippen LogP contribution in [0.25, 0.3) is 0 Å². The Kier molecular flexibility index (Phi) is 2.23. The molecule has 0 heterocycles. The largest absolute Gasteiger partial charge is 0.271 e. The maximum absolute atomic E-state index is 5.46. The molecule has 0 aromatic rings. The topological polar surface area (TPSA) is 38.0 Å². The Morgan fingerprint density at radius 3 is 2.10 bits per heavy atom. The van der Waals surface area contributed by atoms with Gasteiger partial charge in [-0.05, 0) is 38.0 Å². The van der Waals surface area contributed by atoms with Crippen LogP contribution < -0.4 is 11.3 Å². The second-order valence-electron chi connectivity index (χ2n) is 3.57. The molecular weight excluding hydrogens is 148 g/mol. The third-order valence-electron chi connectivity index (χ3n) is 3.05. The van der Waals surface area contributed by atoms with E-state index in [0.29, 0.717) is 5.54 Å². The Bertz CT molecular complexity index is 119. The Labute approximate surface area is 67.9 Å².